The van der Waals surface area contributed by atoms with Crippen molar-refractivity contribution in [2.75, 3.05) is 38.1 Å². The first-order chi connectivity index (χ1) is 9.65. The van der Waals surface area contributed by atoms with E-state index >= 15 is 0 Å². The molecular formula is C14H16N4O2. The Morgan fingerprint density at radius 3 is 2.60 bits per heavy atom. The second-order valence-corrected chi connectivity index (χ2v) is 5.07. The number of rotatable bonds is 2. The second-order valence-electron chi connectivity index (χ2n) is 5.07. The molecule has 0 amide bonds. The molecule has 0 unspecified atom stereocenters. The number of likely N-dealkylation sites (N-methyl/N-ethyl adjacent to an activating group) is 1. The Morgan fingerprint density at radius 2 is 1.90 bits per heavy atom. The molecule has 1 fully saturated rings. The van der Waals surface area contributed by atoms with Gasteiger partial charge in [0.25, 0.3) is 5.69 Å². The number of fused-ring (bicyclic) bond motifs is 1. The van der Waals surface area contributed by atoms with E-state index in [-0.39, 0.29) is 10.6 Å². The molecule has 1 aliphatic heterocycles. The fourth-order valence-electron chi connectivity index (χ4n) is 2.48. The minimum Gasteiger partial charge on any atom is -0.354 e. The Morgan fingerprint density at radius 1 is 1.15 bits per heavy atom. The van der Waals surface area contributed by atoms with E-state index in [4.69, 9.17) is 0 Å². The highest BCUT2D eigenvalue weighted by Crippen LogP contribution is 2.26. The minimum atomic E-state index is -0.372. The summed E-state index contributed by atoms with van der Waals surface area (Å²) in [5.41, 5.74) is 0.535. The number of aromatic nitrogens is 1. The lowest BCUT2D eigenvalue weighted by molar-refractivity contribution is -0.383. The van der Waals surface area contributed by atoms with Crippen molar-refractivity contribution in [3.8, 4) is 0 Å². The molecule has 0 radical (unpaired) electrons. The van der Waals surface area contributed by atoms with Crippen molar-refractivity contribution in [1.29, 1.82) is 0 Å². The van der Waals surface area contributed by atoms with Gasteiger partial charge >= 0.3 is 0 Å². The van der Waals surface area contributed by atoms with Crippen LogP contribution < -0.4 is 4.90 Å². The van der Waals surface area contributed by atoms with Gasteiger partial charge in [-0.3, -0.25) is 10.1 Å². The number of benzene rings is 1. The molecule has 20 heavy (non-hydrogen) atoms. The Hall–Kier alpha value is -2.21. The molecule has 1 aromatic carbocycles. The standard InChI is InChI=1S/C14H16N4O2/c1-16-7-9-17(10-8-16)13-6-5-11-3-2-4-12(18(19)20)14(11)15-13/h2-6H,7-10H2,1H3. The largest absolute Gasteiger partial charge is 0.354 e. The predicted molar refractivity (Wildman–Crippen MR) is 78.1 cm³/mol. The molecule has 0 atom stereocenters. The number of nitro benzene ring substituents is 1. The van der Waals surface area contributed by atoms with Gasteiger partial charge < -0.3 is 9.80 Å². The van der Waals surface area contributed by atoms with Gasteiger partial charge in [-0.15, -0.1) is 0 Å². The summed E-state index contributed by atoms with van der Waals surface area (Å²) < 4.78 is 0. The number of piperazine rings is 1. The number of para-hydroxylation sites is 1. The van der Waals surface area contributed by atoms with Gasteiger partial charge in [0.2, 0.25) is 0 Å². The highest BCUT2D eigenvalue weighted by molar-refractivity contribution is 5.88. The lowest BCUT2D eigenvalue weighted by Crippen LogP contribution is -2.44. The number of nitrogens with zero attached hydrogens (tertiary/aromatic N) is 4. The monoisotopic (exact) mass is 272 g/mol. The van der Waals surface area contributed by atoms with Gasteiger partial charge in [0.1, 0.15) is 5.82 Å². The molecule has 6 heteroatoms. The van der Waals surface area contributed by atoms with E-state index < -0.39 is 0 Å². The van der Waals surface area contributed by atoms with Gasteiger partial charge in [-0.1, -0.05) is 12.1 Å². The van der Waals surface area contributed by atoms with Gasteiger partial charge in [0.15, 0.2) is 5.52 Å². The molecule has 2 heterocycles. The Labute approximate surface area is 116 Å². The summed E-state index contributed by atoms with van der Waals surface area (Å²) in [4.78, 5) is 19.7. The number of hydrogen-bond donors (Lipinski definition) is 0. The zero-order chi connectivity index (χ0) is 14.1. The number of nitro groups is 1. The molecule has 0 N–H and O–H groups in total. The predicted octanol–water partition coefficient (Wildman–Crippen LogP) is 1.89. The first-order valence-electron chi connectivity index (χ1n) is 6.63. The quantitative estimate of drug-likeness (QED) is 0.617. The van der Waals surface area contributed by atoms with E-state index in [1.807, 2.05) is 18.2 Å². The zero-order valence-corrected chi connectivity index (χ0v) is 11.3. The van der Waals surface area contributed by atoms with E-state index in [1.54, 1.807) is 6.07 Å². The number of hydrogen-bond acceptors (Lipinski definition) is 5. The molecule has 0 bridgehead atoms. The molecule has 0 aliphatic carbocycles. The highest BCUT2D eigenvalue weighted by Gasteiger charge is 2.18. The van der Waals surface area contributed by atoms with Crippen LogP contribution in [0.2, 0.25) is 0 Å². The van der Waals surface area contributed by atoms with Crippen LogP contribution in [0.4, 0.5) is 11.5 Å². The van der Waals surface area contributed by atoms with Crippen LogP contribution in [0.3, 0.4) is 0 Å². The topological polar surface area (TPSA) is 62.5 Å². The van der Waals surface area contributed by atoms with Crippen LogP contribution in [0.5, 0.6) is 0 Å². The van der Waals surface area contributed by atoms with Crippen LogP contribution in [0.15, 0.2) is 30.3 Å². The molecule has 1 aromatic heterocycles. The van der Waals surface area contributed by atoms with Crippen molar-refractivity contribution in [3.63, 3.8) is 0 Å². The molecule has 1 saturated heterocycles. The molecule has 1 aliphatic rings. The van der Waals surface area contributed by atoms with Crippen LogP contribution in [0.1, 0.15) is 0 Å². The van der Waals surface area contributed by atoms with Crippen LogP contribution in [-0.4, -0.2) is 48.0 Å². The van der Waals surface area contributed by atoms with Gasteiger partial charge in [-0.05, 0) is 19.2 Å². The molecule has 0 spiro atoms. The van der Waals surface area contributed by atoms with Gasteiger partial charge in [0.05, 0.1) is 4.92 Å². The number of pyridine rings is 1. The summed E-state index contributed by atoms with van der Waals surface area (Å²) in [6, 6.07) is 8.89. The lowest BCUT2D eigenvalue weighted by Gasteiger charge is -2.33. The van der Waals surface area contributed by atoms with Crippen LogP contribution in [0.25, 0.3) is 10.9 Å². The molecule has 104 valence electrons. The van der Waals surface area contributed by atoms with Crippen molar-refractivity contribution in [2.24, 2.45) is 0 Å². The van der Waals surface area contributed by atoms with Crippen LogP contribution in [-0.2, 0) is 0 Å². The minimum absolute atomic E-state index is 0.0680. The number of anilines is 1. The lowest BCUT2D eigenvalue weighted by atomic mass is 10.2. The summed E-state index contributed by atoms with van der Waals surface area (Å²) >= 11 is 0. The molecule has 0 saturated carbocycles. The van der Waals surface area contributed by atoms with Crippen molar-refractivity contribution >= 4 is 22.4 Å². The maximum atomic E-state index is 11.1. The van der Waals surface area contributed by atoms with E-state index in [2.05, 4.69) is 21.8 Å². The van der Waals surface area contributed by atoms with Crippen LogP contribution in [0, 0.1) is 10.1 Å². The first kappa shape index (κ1) is 12.8. The van der Waals surface area contributed by atoms with Crippen molar-refractivity contribution < 1.29 is 4.92 Å². The third-order valence-corrected chi connectivity index (χ3v) is 3.71. The second kappa shape index (κ2) is 5.05. The maximum Gasteiger partial charge on any atom is 0.295 e. The van der Waals surface area contributed by atoms with Crippen molar-refractivity contribution in [1.82, 2.24) is 9.88 Å². The maximum absolute atomic E-state index is 11.1. The summed E-state index contributed by atoms with van der Waals surface area (Å²) in [7, 11) is 2.09. The average molecular weight is 272 g/mol. The van der Waals surface area contributed by atoms with E-state index in [1.165, 1.54) is 6.07 Å². The average Bonchev–Trinajstić information content (AvgIpc) is 2.46. The SMILES string of the molecule is CN1CCN(c2ccc3cccc([N+](=O)[O-])c3n2)CC1. The van der Waals surface area contributed by atoms with E-state index in [0.29, 0.717) is 5.52 Å². The molecule has 3 rings (SSSR count). The molecule has 2 aromatic rings. The zero-order valence-electron chi connectivity index (χ0n) is 11.3. The Bertz CT molecular complexity index is 651. The van der Waals surface area contributed by atoms with Gasteiger partial charge in [-0.25, -0.2) is 4.98 Å². The fourth-order valence-corrected chi connectivity index (χ4v) is 2.48. The van der Waals surface area contributed by atoms with Crippen molar-refractivity contribution in [3.05, 3.63) is 40.4 Å². The first-order valence-corrected chi connectivity index (χ1v) is 6.63. The summed E-state index contributed by atoms with van der Waals surface area (Å²) in [6.07, 6.45) is 0. The van der Waals surface area contributed by atoms with Gasteiger partial charge in [0, 0.05) is 37.6 Å². The normalized spacial score (nSPS) is 16.6. The summed E-state index contributed by atoms with van der Waals surface area (Å²) in [5.74, 6) is 0.819. The van der Waals surface area contributed by atoms with E-state index in [0.717, 1.165) is 37.4 Å². The Balaban J connectivity index is 2.01. The molecule has 6 nitrogen and oxygen atoms in total. The number of non-ortho nitro benzene ring substituents is 1. The van der Waals surface area contributed by atoms with E-state index in [9.17, 15) is 10.1 Å². The smallest absolute Gasteiger partial charge is 0.295 e. The summed E-state index contributed by atoms with van der Waals surface area (Å²) in [5, 5.41) is 11.9. The van der Waals surface area contributed by atoms with Crippen molar-refractivity contribution in [2.45, 2.75) is 0 Å². The van der Waals surface area contributed by atoms with Gasteiger partial charge in [-0.2, -0.15) is 0 Å². The molecular weight excluding hydrogens is 256 g/mol. The third-order valence-electron chi connectivity index (χ3n) is 3.71. The third kappa shape index (κ3) is 2.30. The summed E-state index contributed by atoms with van der Waals surface area (Å²) in [6.45, 7) is 3.76. The van der Waals surface area contributed by atoms with Crippen LogP contribution >= 0.6 is 0 Å². The Kier molecular flexibility index (Phi) is 3.23. The fraction of sp³-hybridized carbons (Fsp3) is 0.357. The highest BCUT2D eigenvalue weighted by atomic mass is 16.6.